The molecule has 0 aromatic heterocycles. The fourth-order valence-electron chi connectivity index (χ4n) is 0.139. The number of hydrogen-bond acceptors (Lipinski definition) is 2. The molecule has 3 nitrogen and oxygen atoms in total. The van der Waals surface area contributed by atoms with Gasteiger partial charge in [-0.15, -0.1) is 0 Å². The number of halogens is 2. The summed E-state index contributed by atoms with van der Waals surface area (Å²) in [6, 6.07) is 0. The molecule has 0 spiro atoms. The molecule has 0 heterocycles. The molecule has 5 heteroatoms. The van der Waals surface area contributed by atoms with Crippen molar-refractivity contribution in [3.8, 4) is 0 Å². The lowest BCUT2D eigenvalue weighted by molar-refractivity contribution is -0.131. The lowest BCUT2D eigenvalue weighted by atomic mass is 10.5. The van der Waals surface area contributed by atoms with Crippen LogP contribution in [0.2, 0.25) is 0 Å². The number of carboxylic acids is 1. The fraction of sp³-hybridized carbons (Fsp3) is 0. The van der Waals surface area contributed by atoms with Gasteiger partial charge in [0.2, 0.25) is 6.29 Å². The molecular weight excluding hydrogens is 256 g/mol. The molecular formula is C4HBr2O3. The Morgan fingerprint density at radius 2 is 1.89 bits per heavy atom. The van der Waals surface area contributed by atoms with Crippen LogP contribution in [0.5, 0.6) is 0 Å². The second kappa shape index (κ2) is 3.79. The van der Waals surface area contributed by atoms with E-state index in [-0.39, 0.29) is 8.96 Å². The van der Waals surface area contributed by atoms with Gasteiger partial charge in [-0.2, -0.15) is 0 Å². The summed E-state index contributed by atoms with van der Waals surface area (Å²) < 4.78 is -0.354. The van der Waals surface area contributed by atoms with E-state index in [2.05, 4.69) is 31.9 Å². The van der Waals surface area contributed by atoms with Crippen LogP contribution in [0.4, 0.5) is 0 Å². The third kappa shape index (κ3) is 2.76. The van der Waals surface area contributed by atoms with Gasteiger partial charge in [-0.05, 0) is 31.9 Å². The Hall–Kier alpha value is -0.160. The Kier molecular flexibility index (Phi) is 3.72. The Labute approximate surface area is 68.0 Å². The zero-order chi connectivity index (χ0) is 7.44. The van der Waals surface area contributed by atoms with Crippen molar-refractivity contribution in [1.82, 2.24) is 0 Å². The van der Waals surface area contributed by atoms with Gasteiger partial charge in [-0.3, -0.25) is 4.79 Å². The standard InChI is InChI=1S/C4HBr2O3/c5-2(1-7)3(6)4(8)9/h(H,8,9). The van der Waals surface area contributed by atoms with E-state index in [1.165, 1.54) is 6.29 Å². The molecule has 0 saturated carbocycles. The topological polar surface area (TPSA) is 54.4 Å². The number of hydrogen-bond donors (Lipinski definition) is 1. The van der Waals surface area contributed by atoms with Crippen LogP contribution in [0.25, 0.3) is 0 Å². The highest BCUT2D eigenvalue weighted by molar-refractivity contribution is 9.14. The smallest absolute Gasteiger partial charge is 0.344 e. The first kappa shape index (κ1) is 8.84. The molecule has 0 bridgehead atoms. The van der Waals surface area contributed by atoms with E-state index >= 15 is 0 Å². The van der Waals surface area contributed by atoms with Gasteiger partial charge < -0.3 is 5.11 Å². The quantitative estimate of drug-likeness (QED) is 0.755. The maximum Gasteiger partial charge on any atom is 0.344 e. The van der Waals surface area contributed by atoms with Crippen molar-refractivity contribution < 1.29 is 14.7 Å². The lowest BCUT2D eigenvalue weighted by Crippen LogP contribution is -1.95. The van der Waals surface area contributed by atoms with Crippen LogP contribution >= 0.6 is 31.9 Å². The summed E-state index contributed by atoms with van der Waals surface area (Å²) in [5, 5.41) is 8.17. The molecule has 0 saturated heterocycles. The van der Waals surface area contributed by atoms with E-state index in [0.717, 1.165) is 0 Å². The number of aliphatic carboxylic acids is 1. The Balaban J connectivity index is 4.47. The van der Waals surface area contributed by atoms with Gasteiger partial charge in [0.15, 0.2) is 0 Å². The van der Waals surface area contributed by atoms with E-state index in [1.807, 2.05) is 0 Å². The third-order valence-corrected chi connectivity index (χ3v) is 2.30. The van der Waals surface area contributed by atoms with Crippen molar-refractivity contribution in [2.24, 2.45) is 0 Å². The SMILES string of the molecule is O=[C]C(Br)=C(Br)C(=O)O. The Bertz CT molecular complexity index is 173. The number of rotatable bonds is 2. The summed E-state index contributed by atoms with van der Waals surface area (Å²) in [5.74, 6) is -1.20. The van der Waals surface area contributed by atoms with E-state index < -0.39 is 5.97 Å². The summed E-state index contributed by atoms with van der Waals surface area (Å²) in [7, 11) is 0. The monoisotopic (exact) mass is 255 g/mol. The fourth-order valence-corrected chi connectivity index (χ4v) is 0.389. The summed E-state index contributed by atoms with van der Waals surface area (Å²) in [6.07, 6.45) is 1.36. The normalized spacial score (nSPS) is 12.2. The second-order valence-corrected chi connectivity index (χ2v) is 2.62. The summed E-state index contributed by atoms with van der Waals surface area (Å²) in [4.78, 5) is 19.7. The minimum absolute atomic E-state index is 0.130. The highest BCUT2D eigenvalue weighted by atomic mass is 79.9. The molecule has 0 unspecified atom stereocenters. The van der Waals surface area contributed by atoms with Gasteiger partial charge in [0.05, 0.1) is 4.48 Å². The Morgan fingerprint density at radius 1 is 1.44 bits per heavy atom. The summed E-state index contributed by atoms with van der Waals surface area (Å²) in [6.45, 7) is 0. The van der Waals surface area contributed by atoms with E-state index in [4.69, 9.17) is 5.11 Å². The molecule has 0 aliphatic heterocycles. The van der Waals surface area contributed by atoms with E-state index in [1.54, 1.807) is 0 Å². The minimum atomic E-state index is -1.20. The first-order valence-electron chi connectivity index (χ1n) is 1.76. The summed E-state index contributed by atoms with van der Waals surface area (Å²) in [5.41, 5.74) is 0. The molecule has 0 rings (SSSR count). The van der Waals surface area contributed by atoms with E-state index in [0.29, 0.717) is 0 Å². The van der Waals surface area contributed by atoms with Crippen molar-refractivity contribution in [1.29, 1.82) is 0 Å². The second-order valence-electron chi connectivity index (χ2n) is 1.04. The number of carbonyl (C=O) groups excluding carboxylic acids is 1. The molecule has 0 fully saturated rings. The van der Waals surface area contributed by atoms with Crippen LogP contribution in [0.1, 0.15) is 0 Å². The molecule has 0 aliphatic rings. The van der Waals surface area contributed by atoms with Gasteiger partial charge in [0.1, 0.15) is 4.48 Å². The maximum atomic E-state index is 9.99. The van der Waals surface area contributed by atoms with Gasteiger partial charge in [-0.25, -0.2) is 4.79 Å². The van der Waals surface area contributed by atoms with Gasteiger partial charge >= 0.3 is 5.97 Å². The van der Waals surface area contributed by atoms with Crippen LogP contribution in [-0.4, -0.2) is 17.4 Å². The first-order chi connectivity index (χ1) is 4.09. The highest BCUT2D eigenvalue weighted by Gasteiger charge is 2.07. The number of carboxylic acid groups (broad SMARTS) is 1. The number of allylic oxidation sites excluding steroid dienone is 1. The van der Waals surface area contributed by atoms with Gasteiger partial charge in [0, 0.05) is 0 Å². The first-order valence-corrected chi connectivity index (χ1v) is 3.35. The molecule has 0 amide bonds. The van der Waals surface area contributed by atoms with Crippen molar-refractivity contribution in [2.75, 3.05) is 0 Å². The van der Waals surface area contributed by atoms with Crippen LogP contribution in [0, 0.1) is 0 Å². The maximum absolute atomic E-state index is 9.99. The average molecular weight is 257 g/mol. The zero-order valence-corrected chi connectivity index (χ0v) is 7.19. The predicted octanol–water partition coefficient (Wildman–Crippen LogP) is 1.18. The van der Waals surface area contributed by atoms with Crippen LogP contribution < -0.4 is 0 Å². The molecule has 0 aromatic carbocycles. The average Bonchev–Trinajstić information content (AvgIpc) is 1.84. The van der Waals surface area contributed by atoms with Crippen LogP contribution in [-0.2, 0) is 9.59 Å². The number of carbonyl (C=O) groups is 1. The molecule has 0 atom stereocenters. The molecule has 1 radical (unpaired) electrons. The third-order valence-electron chi connectivity index (χ3n) is 0.470. The lowest BCUT2D eigenvalue weighted by Gasteiger charge is -1.86. The Morgan fingerprint density at radius 3 is 2.00 bits per heavy atom. The van der Waals surface area contributed by atoms with Crippen molar-refractivity contribution in [2.45, 2.75) is 0 Å². The zero-order valence-electron chi connectivity index (χ0n) is 4.02. The predicted molar refractivity (Wildman–Crippen MR) is 38.2 cm³/mol. The largest absolute Gasteiger partial charge is 0.477 e. The molecule has 1 N–H and O–H groups in total. The summed E-state index contributed by atoms with van der Waals surface area (Å²) >= 11 is 5.31. The highest BCUT2D eigenvalue weighted by Crippen LogP contribution is 2.15. The molecule has 9 heavy (non-hydrogen) atoms. The van der Waals surface area contributed by atoms with Crippen molar-refractivity contribution in [3.05, 3.63) is 8.96 Å². The van der Waals surface area contributed by atoms with E-state index in [9.17, 15) is 9.59 Å². The van der Waals surface area contributed by atoms with Crippen LogP contribution in [0.3, 0.4) is 0 Å². The minimum Gasteiger partial charge on any atom is -0.477 e. The van der Waals surface area contributed by atoms with Crippen LogP contribution in [0.15, 0.2) is 8.96 Å². The molecule has 49 valence electrons. The molecule has 0 aromatic rings. The van der Waals surface area contributed by atoms with Gasteiger partial charge in [-0.1, -0.05) is 0 Å². The van der Waals surface area contributed by atoms with Crippen molar-refractivity contribution in [3.63, 3.8) is 0 Å². The van der Waals surface area contributed by atoms with Gasteiger partial charge in [0.25, 0.3) is 0 Å². The molecule has 0 aliphatic carbocycles. The van der Waals surface area contributed by atoms with Crippen molar-refractivity contribution >= 4 is 44.1 Å².